The first-order valence-corrected chi connectivity index (χ1v) is 7.08. The summed E-state index contributed by atoms with van der Waals surface area (Å²) in [6.07, 6.45) is 0. The zero-order valence-corrected chi connectivity index (χ0v) is 13.8. The van der Waals surface area contributed by atoms with Gasteiger partial charge in [0.2, 0.25) is 0 Å². The minimum Gasteiger partial charge on any atom is -0.480 e. The number of hydrogen-bond donors (Lipinski definition) is 2. The van der Waals surface area contributed by atoms with Gasteiger partial charge in [0.05, 0.1) is 13.1 Å². The van der Waals surface area contributed by atoms with E-state index in [2.05, 4.69) is 25.7 Å². The summed E-state index contributed by atoms with van der Waals surface area (Å²) in [5.41, 5.74) is 0.0367. The van der Waals surface area contributed by atoms with Crippen LogP contribution in [0.25, 0.3) is 0 Å². The summed E-state index contributed by atoms with van der Waals surface area (Å²) < 4.78 is 0. The van der Waals surface area contributed by atoms with Crippen molar-refractivity contribution in [1.29, 1.82) is 0 Å². The Labute approximate surface area is 127 Å². The average molecular weight is 303 g/mol. The third-order valence-corrected chi connectivity index (χ3v) is 3.46. The monoisotopic (exact) mass is 303 g/mol. The third-order valence-electron chi connectivity index (χ3n) is 3.46. The van der Waals surface area contributed by atoms with Gasteiger partial charge in [-0.3, -0.25) is 19.4 Å². The van der Waals surface area contributed by atoms with E-state index in [-0.39, 0.29) is 18.6 Å². The Balaban J connectivity index is 4.32. The number of carbonyl (C=O) groups is 2. The molecule has 0 aliphatic carbocycles. The SMILES string of the molecule is CN(CCN(CCN(C)C(C)(C)C)CC(=O)O)CC(=O)O. The molecule has 0 fully saturated rings. The first kappa shape index (κ1) is 19.8. The van der Waals surface area contributed by atoms with Gasteiger partial charge < -0.3 is 15.1 Å². The summed E-state index contributed by atoms with van der Waals surface area (Å²) in [5, 5.41) is 17.7. The molecular formula is C14H29N3O4. The Morgan fingerprint density at radius 1 is 0.857 bits per heavy atom. The summed E-state index contributed by atoms with van der Waals surface area (Å²) in [6, 6.07) is 0. The van der Waals surface area contributed by atoms with Gasteiger partial charge in [-0.25, -0.2) is 0 Å². The second-order valence-electron chi connectivity index (χ2n) is 6.39. The topological polar surface area (TPSA) is 84.3 Å². The van der Waals surface area contributed by atoms with Crippen LogP contribution in [0.5, 0.6) is 0 Å². The summed E-state index contributed by atoms with van der Waals surface area (Å²) in [5.74, 6) is -1.75. The Hall–Kier alpha value is -1.18. The number of aliphatic carboxylic acids is 2. The van der Waals surface area contributed by atoms with E-state index in [1.165, 1.54) is 0 Å². The zero-order valence-electron chi connectivity index (χ0n) is 13.8. The van der Waals surface area contributed by atoms with E-state index in [4.69, 9.17) is 10.2 Å². The molecule has 0 atom stereocenters. The quantitative estimate of drug-likeness (QED) is 0.593. The zero-order chi connectivity index (χ0) is 16.6. The number of nitrogens with zero attached hydrogens (tertiary/aromatic N) is 3. The summed E-state index contributed by atoms with van der Waals surface area (Å²) in [4.78, 5) is 27.2. The number of carboxylic acids is 2. The molecule has 0 heterocycles. The molecule has 0 saturated carbocycles. The lowest BCUT2D eigenvalue weighted by Crippen LogP contribution is -2.45. The molecule has 21 heavy (non-hydrogen) atoms. The number of rotatable bonds is 10. The molecule has 0 saturated heterocycles. The number of likely N-dealkylation sites (N-methyl/N-ethyl adjacent to an activating group) is 2. The Bertz CT molecular complexity index is 342. The maximum absolute atomic E-state index is 10.9. The molecule has 0 aliphatic heterocycles. The van der Waals surface area contributed by atoms with E-state index in [0.717, 1.165) is 6.54 Å². The smallest absolute Gasteiger partial charge is 0.317 e. The lowest BCUT2D eigenvalue weighted by atomic mass is 10.1. The minimum atomic E-state index is -0.880. The van der Waals surface area contributed by atoms with Crippen molar-refractivity contribution < 1.29 is 19.8 Å². The molecular weight excluding hydrogens is 274 g/mol. The first-order valence-electron chi connectivity index (χ1n) is 7.08. The Kier molecular flexibility index (Phi) is 8.46. The van der Waals surface area contributed by atoms with Crippen molar-refractivity contribution in [2.45, 2.75) is 26.3 Å². The van der Waals surface area contributed by atoms with Crippen LogP contribution in [0.1, 0.15) is 20.8 Å². The molecule has 0 rings (SSSR count). The molecule has 0 radical (unpaired) electrons. The van der Waals surface area contributed by atoms with Crippen LogP contribution in [0.4, 0.5) is 0 Å². The summed E-state index contributed by atoms with van der Waals surface area (Å²) >= 11 is 0. The molecule has 0 bridgehead atoms. The first-order chi connectivity index (χ1) is 9.52. The van der Waals surface area contributed by atoms with Crippen LogP contribution in [0, 0.1) is 0 Å². The van der Waals surface area contributed by atoms with E-state index in [9.17, 15) is 9.59 Å². The fourth-order valence-corrected chi connectivity index (χ4v) is 1.71. The molecule has 0 amide bonds. The van der Waals surface area contributed by atoms with Crippen molar-refractivity contribution >= 4 is 11.9 Å². The van der Waals surface area contributed by atoms with Gasteiger partial charge in [0.15, 0.2) is 0 Å². The highest BCUT2D eigenvalue weighted by Gasteiger charge is 2.18. The largest absolute Gasteiger partial charge is 0.480 e. The predicted octanol–water partition coefficient (Wildman–Crippen LogP) is 0.120. The maximum Gasteiger partial charge on any atom is 0.317 e. The van der Waals surface area contributed by atoms with Gasteiger partial charge >= 0.3 is 11.9 Å². The van der Waals surface area contributed by atoms with Crippen molar-refractivity contribution in [3.63, 3.8) is 0 Å². The third kappa shape index (κ3) is 10.2. The van der Waals surface area contributed by atoms with Crippen molar-refractivity contribution in [2.75, 3.05) is 53.4 Å². The molecule has 0 aliphatic rings. The normalized spacial score (nSPS) is 12.4. The van der Waals surface area contributed by atoms with E-state index in [0.29, 0.717) is 19.6 Å². The second kappa shape index (κ2) is 8.96. The highest BCUT2D eigenvalue weighted by Crippen LogP contribution is 2.09. The van der Waals surface area contributed by atoms with E-state index in [1.54, 1.807) is 11.9 Å². The highest BCUT2D eigenvalue weighted by atomic mass is 16.4. The van der Waals surface area contributed by atoms with Crippen molar-refractivity contribution in [3.8, 4) is 0 Å². The van der Waals surface area contributed by atoms with Gasteiger partial charge in [0, 0.05) is 31.7 Å². The minimum absolute atomic E-state index is 0.0289. The maximum atomic E-state index is 10.9. The molecule has 0 spiro atoms. The average Bonchev–Trinajstić information content (AvgIpc) is 2.29. The fraction of sp³-hybridized carbons (Fsp3) is 0.857. The van der Waals surface area contributed by atoms with Crippen molar-refractivity contribution in [3.05, 3.63) is 0 Å². The van der Waals surface area contributed by atoms with Crippen molar-refractivity contribution in [2.24, 2.45) is 0 Å². The molecule has 7 nitrogen and oxygen atoms in total. The van der Waals surface area contributed by atoms with Gasteiger partial charge in [-0.05, 0) is 34.9 Å². The molecule has 0 aromatic heterocycles. The number of hydrogen-bond acceptors (Lipinski definition) is 5. The van der Waals surface area contributed by atoms with Gasteiger partial charge in [-0.2, -0.15) is 0 Å². The van der Waals surface area contributed by atoms with Crippen molar-refractivity contribution in [1.82, 2.24) is 14.7 Å². The Morgan fingerprint density at radius 3 is 1.76 bits per heavy atom. The van der Waals surface area contributed by atoms with E-state index in [1.807, 2.05) is 11.9 Å². The molecule has 0 unspecified atom stereocenters. The van der Waals surface area contributed by atoms with Crippen LogP contribution in [0.2, 0.25) is 0 Å². The standard InChI is InChI=1S/C14H29N3O4/c1-14(2,3)16(5)7-9-17(11-13(20)21)8-6-15(4)10-12(18)19/h6-11H2,1-5H3,(H,18,19)(H,20,21). The van der Waals surface area contributed by atoms with Gasteiger partial charge in [-0.15, -0.1) is 0 Å². The van der Waals surface area contributed by atoms with E-state index >= 15 is 0 Å². The molecule has 124 valence electrons. The number of carboxylic acid groups (broad SMARTS) is 2. The van der Waals surface area contributed by atoms with Crippen LogP contribution in [-0.4, -0.2) is 95.8 Å². The lowest BCUT2D eigenvalue weighted by molar-refractivity contribution is -0.140. The van der Waals surface area contributed by atoms with E-state index < -0.39 is 11.9 Å². The van der Waals surface area contributed by atoms with Gasteiger partial charge in [-0.1, -0.05) is 0 Å². The summed E-state index contributed by atoms with van der Waals surface area (Å²) in [7, 11) is 3.73. The fourth-order valence-electron chi connectivity index (χ4n) is 1.71. The molecule has 0 aromatic rings. The second-order valence-corrected chi connectivity index (χ2v) is 6.39. The molecule has 0 aromatic carbocycles. The van der Waals surface area contributed by atoms with Crippen LogP contribution < -0.4 is 0 Å². The highest BCUT2D eigenvalue weighted by molar-refractivity contribution is 5.69. The van der Waals surface area contributed by atoms with Gasteiger partial charge in [0.25, 0.3) is 0 Å². The molecule has 2 N–H and O–H groups in total. The predicted molar refractivity (Wildman–Crippen MR) is 81.6 cm³/mol. The van der Waals surface area contributed by atoms with Crippen LogP contribution in [0.3, 0.4) is 0 Å². The van der Waals surface area contributed by atoms with Crippen LogP contribution >= 0.6 is 0 Å². The van der Waals surface area contributed by atoms with Crippen LogP contribution in [0.15, 0.2) is 0 Å². The molecule has 7 heteroatoms. The summed E-state index contributed by atoms with van der Waals surface area (Å²) in [6.45, 7) is 8.72. The Morgan fingerprint density at radius 2 is 1.33 bits per heavy atom. The lowest BCUT2D eigenvalue weighted by Gasteiger charge is -2.34. The van der Waals surface area contributed by atoms with Gasteiger partial charge in [0.1, 0.15) is 0 Å². The van der Waals surface area contributed by atoms with Crippen LogP contribution in [-0.2, 0) is 9.59 Å².